The molecular formula is C22H26FN5O2. The first-order valence-corrected chi connectivity index (χ1v) is 10.2. The van der Waals surface area contributed by atoms with Crippen molar-refractivity contribution >= 4 is 28.5 Å². The third-order valence-electron chi connectivity index (χ3n) is 5.71. The number of benzene rings is 1. The van der Waals surface area contributed by atoms with Crippen molar-refractivity contribution in [2.24, 2.45) is 5.92 Å². The van der Waals surface area contributed by atoms with Crippen LogP contribution in [-0.2, 0) is 9.53 Å². The molecular weight excluding hydrogens is 385 g/mol. The summed E-state index contributed by atoms with van der Waals surface area (Å²) in [7, 11) is 0. The first-order chi connectivity index (χ1) is 14.3. The maximum Gasteiger partial charge on any atom is 0.308 e. The van der Waals surface area contributed by atoms with Gasteiger partial charge in [0.05, 0.1) is 11.3 Å². The monoisotopic (exact) mass is 411 g/mol. The number of carbonyl (C=O) groups is 1. The fraction of sp³-hybridized carbons (Fsp3) is 0.409. The van der Waals surface area contributed by atoms with Crippen molar-refractivity contribution in [2.45, 2.75) is 51.7 Å². The van der Waals surface area contributed by atoms with Crippen LogP contribution in [0.3, 0.4) is 0 Å². The summed E-state index contributed by atoms with van der Waals surface area (Å²) in [5.74, 6) is -0.397. The van der Waals surface area contributed by atoms with E-state index in [0.717, 1.165) is 25.7 Å². The van der Waals surface area contributed by atoms with Crippen molar-refractivity contribution in [1.29, 1.82) is 0 Å². The molecule has 30 heavy (non-hydrogen) atoms. The second-order valence-electron chi connectivity index (χ2n) is 8.17. The van der Waals surface area contributed by atoms with Crippen molar-refractivity contribution in [3.05, 3.63) is 36.5 Å². The second-order valence-corrected chi connectivity index (χ2v) is 8.17. The normalized spacial score (nSPS) is 19.3. The molecule has 7 nitrogen and oxygen atoms in total. The highest BCUT2D eigenvalue weighted by Crippen LogP contribution is 2.39. The molecule has 0 radical (unpaired) electrons. The van der Waals surface area contributed by atoms with Crippen LogP contribution in [-0.4, -0.2) is 26.6 Å². The van der Waals surface area contributed by atoms with Gasteiger partial charge in [-0.1, -0.05) is 13.8 Å². The summed E-state index contributed by atoms with van der Waals surface area (Å²) in [6, 6.07) is 4.77. The molecule has 1 saturated carbocycles. The molecule has 1 fully saturated rings. The zero-order chi connectivity index (χ0) is 21.4. The Morgan fingerprint density at radius 1 is 1.17 bits per heavy atom. The predicted octanol–water partition coefficient (Wildman–Crippen LogP) is 4.08. The Morgan fingerprint density at radius 3 is 2.57 bits per heavy atom. The third-order valence-corrected chi connectivity index (χ3v) is 5.71. The van der Waals surface area contributed by atoms with E-state index in [0.29, 0.717) is 33.7 Å². The second kappa shape index (κ2) is 7.93. The van der Waals surface area contributed by atoms with E-state index >= 15 is 0 Å². The van der Waals surface area contributed by atoms with Gasteiger partial charge in [0.2, 0.25) is 0 Å². The molecule has 1 aliphatic carbocycles. The number of nitrogen functional groups attached to an aromatic ring is 2. The lowest BCUT2D eigenvalue weighted by atomic mass is 9.92. The quantitative estimate of drug-likeness (QED) is 0.494. The van der Waals surface area contributed by atoms with Crippen LogP contribution in [0.15, 0.2) is 30.7 Å². The number of esters is 1. The van der Waals surface area contributed by atoms with Crippen molar-refractivity contribution in [3.8, 4) is 11.1 Å². The van der Waals surface area contributed by atoms with E-state index in [2.05, 4.69) is 14.5 Å². The number of nitrogens with two attached hydrogens (primary N) is 2. The van der Waals surface area contributed by atoms with Crippen LogP contribution in [0, 0.1) is 11.7 Å². The first kappa shape index (κ1) is 20.1. The van der Waals surface area contributed by atoms with Gasteiger partial charge in [0, 0.05) is 29.1 Å². The van der Waals surface area contributed by atoms with Crippen LogP contribution >= 0.6 is 0 Å². The summed E-state index contributed by atoms with van der Waals surface area (Å²) in [6.07, 6.45) is 6.46. The minimum atomic E-state index is -0.415. The van der Waals surface area contributed by atoms with Crippen LogP contribution in [0.1, 0.15) is 45.6 Å². The van der Waals surface area contributed by atoms with Crippen molar-refractivity contribution < 1.29 is 13.9 Å². The highest BCUT2D eigenvalue weighted by molar-refractivity contribution is 6.00. The molecule has 3 aromatic rings. The van der Waals surface area contributed by atoms with Crippen molar-refractivity contribution in [3.63, 3.8) is 0 Å². The molecule has 2 heterocycles. The highest BCUT2D eigenvalue weighted by atomic mass is 19.1. The number of hydrogen-bond donors (Lipinski definition) is 2. The summed E-state index contributed by atoms with van der Waals surface area (Å²) >= 11 is 0. The maximum atomic E-state index is 14.7. The standard InChI is InChI=1S/C22H26FN5O2/c1-12(2)22(29)30-15-6-4-14(5-7-15)28-10-17(16-8-3-13(24)9-18(16)23)19-20(25)26-11-27-21(19)28/h3,8-12,14-15H,4-7,24H2,1-2H3,(H2,25,26,27)/t14-,15+. The molecule has 4 N–H and O–H groups in total. The summed E-state index contributed by atoms with van der Waals surface area (Å²) < 4.78 is 22.3. The lowest BCUT2D eigenvalue weighted by Crippen LogP contribution is -2.27. The highest BCUT2D eigenvalue weighted by Gasteiger charge is 2.28. The van der Waals surface area contributed by atoms with E-state index in [1.165, 1.54) is 12.4 Å². The zero-order valence-corrected chi connectivity index (χ0v) is 17.1. The lowest BCUT2D eigenvalue weighted by Gasteiger charge is -2.30. The SMILES string of the molecule is CC(C)C(=O)O[C@H]1CC[C@@H](n2cc(-c3ccc(N)cc3F)c3c(N)ncnc32)CC1. The van der Waals surface area contributed by atoms with Gasteiger partial charge < -0.3 is 20.8 Å². The van der Waals surface area contributed by atoms with E-state index in [4.69, 9.17) is 16.2 Å². The van der Waals surface area contributed by atoms with Crippen LogP contribution in [0.5, 0.6) is 0 Å². The van der Waals surface area contributed by atoms with E-state index in [1.807, 2.05) is 20.0 Å². The van der Waals surface area contributed by atoms with E-state index in [1.54, 1.807) is 12.1 Å². The molecule has 0 unspecified atom stereocenters. The minimum Gasteiger partial charge on any atom is -0.462 e. The first-order valence-electron chi connectivity index (χ1n) is 10.2. The Kier molecular flexibility index (Phi) is 5.32. The molecule has 158 valence electrons. The number of anilines is 2. The Morgan fingerprint density at radius 2 is 1.90 bits per heavy atom. The topological polar surface area (TPSA) is 109 Å². The van der Waals surface area contributed by atoms with Gasteiger partial charge in [0.25, 0.3) is 0 Å². The Hall–Kier alpha value is -3.16. The molecule has 0 spiro atoms. The smallest absolute Gasteiger partial charge is 0.308 e. The van der Waals surface area contributed by atoms with Crippen LogP contribution in [0.2, 0.25) is 0 Å². The van der Waals surface area contributed by atoms with Gasteiger partial charge in [0.1, 0.15) is 29.7 Å². The van der Waals surface area contributed by atoms with Gasteiger partial charge in [-0.15, -0.1) is 0 Å². The van der Waals surface area contributed by atoms with Gasteiger partial charge in [-0.25, -0.2) is 14.4 Å². The Bertz CT molecular complexity index is 1090. The fourth-order valence-electron chi connectivity index (χ4n) is 4.08. The van der Waals surface area contributed by atoms with E-state index < -0.39 is 5.82 Å². The Labute approximate surface area is 174 Å². The van der Waals surface area contributed by atoms with E-state index in [-0.39, 0.29) is 24.0 Å². The number of carbonyl (C=O) groups excluding carboxylic acids is 1. The number of halogens is 1. The van der Waals surface area contributed by atoms with Gasteiger partial charge in [0.15, 0.2) is 0 Å². The average Bonchev–Trinajstić information content (AvgIpc) is 3.09. The molecule has 8 heteroatoms. The molecule has 1 aromatic carbocycles. The molecule has 0 saturated heterocycles. The zero-order valence-electron chi connectivity index (χ0n) is 17.1. The number of aromatic nitrogens is 3. The third kappa shape index (κ3) is 3.69. The van der Waals surface area contributed by atoms with Gasteiger partial charge >= 0.3 is 5.97 Å². The van der Waals surface area contributed by atoms with Crippen LogP contribution in [0.25, 0.3) is 22.2 Å². The molecule has 0 bridgehead atoms. The van der Waals surface area contributed by atoms with Crippen LogP contribution in [0.4, 0.5) is 15.9 Å². The van der Waals surface area contributed by atoms with Crippen LogP contribution < -0.4 is 11.5 Å². The molecule has 4 rings (SSSR count). The number of rotatable bonds is 4. The van der Waals surface area contributed by atoms with E-state index in [9.17, 15) is 9.18 Å². The summed E-state index contributed by atoms with van der Waals surface area (Å²) in [5, 5.41) is 0.634. The van der Waals surface area contributed by atoms with Crippen molar-refractivity contribution in [2.75, 3.05) is 11.5 Å². The lowest BCUT2D eigenvalue weighted by molar-refractivity contribution is -0.154. The number of nitrogens with zero attached hydrogens (tertiary/aromatic N) is 3. The fourth-order valence-corrected chi connectivity index (χ4v) is 4.08. The molecule has 1 aliphatic rings. The summed E-state index contributed by atoms with van der Waals surface area (Å²) in [6.45, 7) is 3.67. The molecule has 0 aliphatic heterocycles. The largest absolute Gasteiger partial charge is 0.462 e. The number of ether oxygens (including phenoxy) is 1. The minimum absolute atomic E-state index is 0.0633. The maximum absolute atomic E-state index is 14.7. The summed E-state index contributed by atoms with van der Waals surface area (Å²) in [5.41, 5.74) is 14.0. The molecule has 0 amide bonds. The number of fused-ring (bicyclic) bond motifs is 1. The number of hydrogen-bond acceptors (Lipinski definition) is 6. The predicted molar refractivity (Wildman–Crippen MR) is 114 cm³/mol. The van der Waals surface area contributed by atoms with Gasteiger partial charge in [-0.3, -0.25) is 4.79 Å². The summed E-state index contributed by atoms with van der Waals surface area (Å²) in [4.78, 5) is 20.4. The van der Waals surface area contributed by atoms with Gasteiger partial charge in [-0.05, 0) is 43.9 Å². The van der Waals surface area contributed by atoms with Gasteiger partial charge in [-0.2, -0.15) is 0 Å². The Balaban J connectivity index is 1.66. The average molecular weight is 411 g/mol. The van der Waals surface area contributed by atoms with Crippen molar-refractivity contribution in [1.82, 2.24) is 14.5 Å². The molecule has 0 atom stereocenters. The molecule has 2 aromatic heterocycles.